The highest BCUT2D eigenvalue weighted by atomic mass is 35.5. The van der Waals surface area contributed by atoms with E-state index in [4.69, 9.17) is 33.6 Å². The average molecular weight is 315 g/mol. The van der Waals surface area contributed by atoms with Gasteiger partial charge in [-0.05, 0) is 24.3 Å². The van der Waals surface area contributed by atoms with Gasteiger partial charge in [-0.1, -0.05) is 0 Å². The number of halogens is 3. The molecule has 0 heterocycles. The van der Waals surface area contributed by atoms with Gasteiger partial charge >= 0.3 is 17.4 Å². The van der Waals surface area contributed by atoms with E-state index in [-0.39, 0.29) is 11.1 Å². The van der Waals surface area contributed by atoms with Crippen LogP contribution >= 0.6 is 35.3 Å². The van der Waals surface area contributed by atoms with Crippen molar-refractivity contribution in [2.45, 2.75) is 0 Å². The van der Waals surface area contributed by atoms with Crippen LogP contribution < -0.4 is 0 Å². The van der Waals surface area contributed by atoms with Crippen LogP contribution in [-0.4, -0.2) is 22.5 Å². The van der Waals surface area contributed by atoms with Crippen molar-refractivity contribution in [1.29, 1.82) is 0 Å². The van der Waals surface area contributed by atoms with Crippen LogP contribution in [-0.2, 0) is 8.58 Å². The number of carboxylic acid groups (broad SMARTS) is 1. The van der Waals surface area contributed by atoms with Gasteiger partial charge < -0.3 is 13.7 Å². The lowest BCUT2D eigenvalue weighted by Crippen LogP contribution is -2.01. The van der Waals surface area contributed by atoms with Gasteiger partial charge in [-0.15, -0.1) is 0 Å². The molecule has 0 saturated carbocycles. The van der Waals surface area contributed by atoms with Crippen LogP contribution in [0, 0.1) is 0 Å². The minimum absolute atomic E-state index is 0.228. The predicted octanol–water partition coefficient (Wildman–Crippen LogP) is 3.21. The Morgan fingerprint density at radius 2 is 1.11 bits per heavy atom. The molecule has 0 aliphatic carbocycles. The number of carbonyl (C=O) groups is 3. The van der Waals surface area contributed by atoms with Gasteiger partial charge in [0.15, 0.2) is 0 Å². The zero-order valence-electron chi connectivity index (χ0n) is 8.43. The minimum Gasteiger partial charge on any atom is -0.469 e. The number of benzene rings is 1. The summed E-state index contributed by atoms with van der Waals surface area (Å²) in [6, 6.07) is 5.48. The third kappa shape index (κ3) is 6.29. The first-order valence-electron chi connectivity index (χ1n) is 4.06. The molecule has 0 fully saturated rings. The first kappa shape index (κ1) is 16.5. The Morgan fingerprint density at radius 3 is 1.28 bits per heavy atom. The lowest BCUT2D eigenvalue weighted by atomic mass is 10.1. The van der Waals surface area contributed by atoms with E-state index in [0.717, 1.165) is 0 Å². The SMILES string of the molecule is O=C(O)Cl.O=C(OCl)c1ccc(C(=O)OCl)cc1. The molecule has 98 valence electrons. The Labute approximate surface area is 116 Å². The fraction of sp³-hybridized carbons (Fsp3) is 0. The highest BCUT2D eigenvalue weighted by Gasteiger charge is 2.09. The third-order valence-electron chi connectivity index (χ3n) is 1.50. The fourth-order valence-electron chi connectivity index (χ4n) is 0.831. The largest absolute Gasteiger partial charge is 0.469 e. The molecular formula is C9H5Cl3O6. The standard InChI is InChI=1S/C8H4Cl2O4.CHClO2/c9-13-7(11)5-1-2-6(4-3-5)8(12)14-10;2-1(3)4/h1-4H;(H,3,4). The van der Waals surface area contributed by atoms with Crippen LogP contribution in [0.15, 0.2) is 24.3 Å². The second-order valence-electron chi connectivity index (χ2n) is 2.56. The molecule has 0 unspecified atom stereocenters. The van der Waals surface area contributed by atoms with Crippen LogP contribution in [0.5, 0.6) is 0 Å². The predicted molar refractivity (Wildman–Crippen MR) is 62.9 cm³/mol. The van der Waals surface area contributed by atoms with E-state index in [1.807, 2.05) is 0 Å². The molecule has 0 amide bonds. The summed E-state index contributed by atoms with van der Waals surface area (Å²) in [6.45, 7) is 0. The fourth-order valence-corrected chi connectivity index (χ4v) is 1.01. The Bertz CT molecular complexity index is 391. The molecule has 6 nitrogen and oxygen atoms in total. The smallest absolute Gasteiger partial charge is 0.401 e. The van der Waals surface area contributed by atoms with Crippen molar-refractivity contribution in [1.82, 2.24) is 0 Å². The summed E-state index contributed by atoms with van der Waals surface area (Å²) in [6.07, 6.45) is 0. The van der Waals surface area contributed by atoms with Crippen molar-refractivity contribution in [2.24, 2.45) is 0 Å². The van der Waals surface area contributed by atoms with E-state index in [1.165, 1.54) is 24.3 Å². The molecule has 0 aromatic heterocycles. The molecule has 0 saturated heterocycles. The lowest BCUT2D eigenvalue weighted by molar-refractivity contribution is 0.0737. The van der Waals surface area contributed by atoms with E-state index in [9.17, 15) is 9.59 Å². The molecule has 0 aliphatic heterocycles. The van der Waals surface area contributed by atoms with E-state index >= 15 is 0 Å². The highest BCUT2D eigenvalue weighted by Crippen LogP contribution is 2.08. The van der Waals surface area contributed by atoms with Gasteiger partial charge in [0.25, 0.3) is 0 Å². The maximum absolute atomic E-state index is 10.9. The van der Waals surface area contributed by atoms with Crippen molar-refractivity contribution < 1.29 is 28.1 Å². The van der Waals surface area contributed by atoms with Gasteiger partial charge in [-0.3, -0.25) is 0 Å². The van der Waals surface area contributed by atoms with Crippen molar-refractivity contribution >= 4 is 52.7 Å². The second kappa shape index (κ2) is 8.57. The van der Waals surface area contributed by atoms with Crippen molar-refractivity contribution in [3.8, 4) is 0 Å². The number of hydrogen-bond acceptors (Lipinski definition) is 5. The summed E-state index contributed by atoms with van der Waals surface area (Å²) in [4.78, 5) is 30.5. The van der Waals surface area contributed by atoms with Crippen molar-refractivity contribution in [3.63, 3.8) is 0 Å². The first-order chi connectivity index (χ1) is 8.42. The van der Waals surface area contributed by atoms with Gasteiger partial charge in [0.2, 0.25) is 0 Å². The summed E-state index contributed by atoms with van der Waals surface area (Å²) >= 11 is 13.9. The topological polar surface area (TPSA) is 89.9 Å². The third-order valence-corrected chi connectivity index (χ3v) is 1.78. The van der Waals surface area contributed by atoms with Crippen LogP contribution in [0.2, 0.25) is 0 Å². The summed E-state index contributed by atoms with van der Waals surface area (Å²) in [7, 11) is 0. The summed E-state index contributed by atoms with van der Waals surface area (Å²) in [5.41, 5.74) is -0.905. The van der Waals surface area contributed by atoms with Gasteiger partial charge in [-0.2, -0.15) is 0 Å². The molecule has 0 radical (unpaired) electrons. The zero-order chi connectivity index (χ0) is 14.1. The van der Waals surface area contributed by atoms with E-state index in [2.05, 4.69) is 20.2 Å². The maximum Gasteiger partial charge on any atom is 0.401 e. The van der Waals surface area contributed by atoms with E-state index in [0.29, 0.717) is 0 Å². The van der Waals surface area contributed by atoms with Crippen molar-refractivity contribution in [2.75, 3.05) is 0 Å². The molecular weight excluding hydrogens is 310 g/mol. The molecule has 1 rings (SSSR count). The summed E-state index contributed by atoms with van der Waals surface area (Å²) in [5.74, 6) is -1.39. The molecule has 1 aromatic carbocycles. The first-order valence-corrected chi connectivity index (χ1v) is 5.06. The van der Waals surface area contributed by atoms with Gasteiger partial charge in [0.1, 0.15) is 23.7 Å². The number of hydrogen-bond donors (Lipinski definition) is 1. The molecule has 0 spiro atoms. The van der Waals surface area contributed by atoms with Crippen LogP contribution in [0.25, 0.3) is 0 Å². The molecule has 0 aliphatic rings. The quantitative estimate of drug-likeness (QED) is 0.843. The minimum atomic E-state index is -1.36. The Hall–Kier alpha value is -1.50. The number of carbonyl (C=O) groups excluding carboxylic acids is 2. The average Bonchev–Trinajstić information content (AvgIpc) is 2.36. The van der Waals surface area contributed by atoms with Gasteiger partial charge in [0.05, 0.1) is 11.1 Å². The summed E-state index contributed by atoms with van der Waals surface area (Å²) < 4.78 is 7.91. The molecule has 9 heteroatoms. The molecule has 0 atom stereocenters. The van der Waals surface area contributed by atoms with Gasteiger partial charge in [0, 0.05) is 11.6 Å². The second-order valence-corrected chi connectivity index (χ2v) is 3.19. The molecule has 1 aromatic rings. The van der Waals surface area contributed by atoms with Gasteiger partial charge in [-0.25, -0.2) is 14.4 Å². The zero-order valence-corrected chi connectivity index (χ0v) is 10.7. The normalized spacial score (nSPS) is 8.61. The van der Waals surface area contributed by atoms with Crippen molar-refractivity contribution in [3.05, 3.63) is 35.4 Å². The number of rotatable bonds is 2. The van der Waals surface area contributed by atoms with E-state index in [1.54, 1.807) is 0 Å². The van der Waals surface area contributed by atoms with Crippen LogP contribution in [0.4, 0.5) is 4.79 Å². The monoisotopic (exact) mass is 314 g/mol. The summed E-state index contributed by atoms with van der Waals surface area (Å²) in [5, 5.41) is 7.18. The highest BCUT2D eigenvalue weighted by molar-refractivity contribution is 6.60. The molecule has 1 N–H and O–H groups in total. The Kier molecular flexibility index (Phi) is 7.86. The Morgan fingerprint density at radius 1 is 0.889 bits per heavy atom. The lowest BCUT2D eigenvalue weighted by Gasteiger charge is -1.98. The maximum atomic E-state index is 10.9. The molecule has 18 heavy (non-hydrogen) atoms. The van der Waals surface area contributed by atoms with Crippen LogP contribution in [0.1, 0.15) is 20.7 Å². The Balaban J connectivity index is 0.000000631. The molecule has 0 bridgehead atoms. The van der Waals surface area contributed by atoms with Crippen LogP contribution in [0.3, 0.4) is 0 Å². The van der Waals surface area contributed by atoms with E-state index < -0.39 is 17.4 Å².